The highest BCUT2D eigenvalue weighted by Gasteiger charge is 2.03. The molecule has 2 heterocycles. The lowest BCUT2D eigenvalue weighted by molar-refractivity contribution is 0.947. The van der Waals surface area contributed by atoms with Crippen molar-refractivity contribution in [3.63, 3.8) is 0 Å². The highest BCUT2D eigenvalue weighted by Crippen LogP contribution is 2.04. The number of rotatable bonds is 0. The van der Waals surface area contributed by atoms with Crippen LogP contribution < -0.4 is 0 Å². The summed E-state index contributed by atoms with van der Waals surface area (Å²) >= 11 is 0. The van der Waals surface area contributed by atoms with Gasteiger partial charge in [0, 0.05) is 13.1 Å². The van der Waals surface area contributed by atoms with Crippen LogP contribution >= 0.6 is 0 Å². The summed E-state index contributed by atoms with van der Waals surface area (Å²) in [4.78, 5) is 13.7. The molecule has 1 aromatic rings. The third kappa shape index (κ3) is 4.51. The SMILES string of the molecule is CC1=NCC[N-]CC[N-]CCN=C(C)c2cccc1n2. The first kappa shape index (κ1) is 14.8. The highest BCUT2D eigenvalue weighted by molar-refractivity contribution is 6.00. The van der Waals surface area contributed by atoms with Crippen molar-refractivity contribution in [2.24, 2.45) is 9.98 Å². The Bertz CT molecular complexity index is 452. The Morgan fingerprint density at radius 2 is 1.30 bits per heavy atom. The molecule has 5 nitrogen and oxygen atoms in total. The molecule has 1 aromatic heterocycles. The summed E-state index contributed by atoms with van der Waals surface area (Å²) in [5, 5.41) is 8.81. The smallest absolute Gasteiger partial charge is 0.0845 e. The van der Waals surface area contributed by atoms with E-state index in [0.717, 1.165) is 49.0 Å². The van der Waals surface area contributed by atoms with E-state index < -0.39 is 0 Å². The molecule has 108 valence electrons. The maximum Gasteiger partial charge on any atom is 0.0845 e. The molecular weight excluding hydrogens is 250 g/mol. The molecule has 1 aliphatic rings. The predicted molar refractivity (Wildman–Crippen MR) is 84.6 cm³/mol. The quantitative estimate of drug-likeness (QED) is 0.714. The van der Waals surface area contributed by atoms with Gasteiger partial charge in [0.15, 0.2) is 0 Å². The van der Waals surface area contributed by atoms with Gasteiger partial charge in [0.25, 0.3) is 0 Å². The maximum absolute atomic E-state index is 4.62. The lowest BCUT2D eigenvalue weighted by Crippen LogP contribution is -2.07. The average Bonchev–Trinajstić information content (AvgIpc) is 2.48. The molecule has 0 spiro atoms. The Morgan fingerprint density at radius 3 is 1.80 bits per heavy atom. The minimum atomic E-state index is 0.713. The molecule has 0 N–H and O–H groups in total. The van der Waals surface area contributed by atoms with Gasteiger partial charge in [-0.05, 0) is 26.0 Å². The first-order chi connectivity index (χ1) is 9.77. The van der Waals surface area contributed by atoms with Gasteiger partial charge < -0.3 is 10.6 Å². The van der Waals surface area contributed by atoms with E-state index in [1.54, 1.807) is 0 Å². The highest BCUT2D eigenvalue weighted by atomic mass is 15.0. The van der Waals surface area contributed by atoms with Crippen LogP contribution in [0.4, 0.5) is 0 Å². The van der Waals surface area contributed by atoms with Crippen molar-refractivity contribution in [3.05, 3.63) is 40.2 Å². The Morgan fingerprint density at radius 1 is 0.800 bits per heavy atom. The standard InChI is InChI=1S/C15H21N5/c1-12-14-4-3-5-15(20-14)13(2)19-11-9-17-7-6-16-8-10-18-12/h3-5H,6-11H2,1-2H3/q-2. The second kappa shape index (κ2) is 7.87. The molecule has 0 radical (unpaired) electrons. The van der Waals surface area contributed by atoms with Crippen molar-refractivity contribution in [2.75, 3.05) is 39.3 Å². The molecule has 5 heteroatoms. The molecule has 0 aromatic carbocycles. The fourth-order valence-corrected chi connectivity index (χ4v) is 1.94. The van der Waals surface area contributed by atoms with Crippen LogP contribution in [0.1, 0.15) is 25.2 Å². The summed E-state index contributed by atoms with van der Waals surface area (Å²) in [6.07, 6.45) is 0. The van der Waals surface area contributed by atoms with Crippen molar-refractivity contribution in [1.82, 2.24) is 4.98 Å². The summed E-state index contributed by atoms with van der Waals surface area (Å²) in [5.41, 5.74) is 3.73. The van der Waals surface area contributed by atoms with Crippen LogP contribution in [-0.4, -0.2) is 55.7 Å². The number of fused-ring (bicyclic) bond motifs is 2. The fourth-order valence-electron chi connectivity index (χ4n) is 1.94. The molecule has 20 heavy (non-hydrogen) atoms. The molecule has 0 atom stereocenters. The monoisotopic (exact) mass is 271 g/mol. The van der Waals surface area contributed by atoms with Gasteiger partial charge in [-0.1, -0.05) is 6.07 Å². The third-order valence-corrected chi connectivity index (χ3v) is 3.12. The van der Waals surface area contributed by atoms with E-state index in [1.807, 2.05) is 32.0 Å². The van der Waals surface area contributed by atoms with Crippen molar-refractivity contribution >= 4 is 11.4 Å². The zero-order valence-corrected chi connectivity index (χ0v) is 12.2. The molecule has 0 saturated carbocycles. The Balaban J connectivity index is 2.20. The Labute approximate surface area is 120 Å². The average molecular weight is 271 g/mol. The molecule has 2 rings (SSSR count). The zero-order chi connectivity index (χ0) is 14.2. The molecular formula is C15H21N5-2. The number of pyridine rings is 1. The van der Waals surface area contributed by atoms with Gasteiger partial charge in [-0.15, -0.1) is 13.1 Å². The van der Waals surface area contributed by atoms with Crippen LogP contribution in [0.2, 0.25) is 0 Å². The Hall–Kier alpha value is -1.59. The Kier molecular flexibility index (Phi) is 5.83. The van der Waals surface area contributed by atoms with E-state index in [9.17, 15) is 0 Å². The number of nitrogens with zero attached hydrogens (tertiary/aromatic N) is 5. The first-order valence-electron chi connectivity index (χ1n) is 7.04. The fraction of sp³-hybridized carbons (Fsp3) is 0.533. The summed E-state index contributed by atoms with van der Waals surface area (Å²) in [5.74, 6) is 0. The maximum atomic E-state index is 4.62. The molecule has 0 amide bonds. The predicted octanol–water partition coefficient (Wildman–Crippen LogP) is 2.46. The second-order valence-corrected chi connectivity index (χ2v) is 4.68. The summed E-state index contributed by atoms with van der Waals surface area (Å²) in [7, 11) is 0. The van der Waals surface area contributed by atoms with Gasteiger partial charge in [-0.25, -0.2) is 4.98 Å². The van der Waals surface area contributed by atoms with E-state index >= 15 is 0 Å². The van der Waals surface area contributed by atoms with Crippen LogP contribution in [-0.2, 0) is 0 Å². The largest absolute Gasteiger partial charge is 0.662 e. The van der Waals surface area contributed by atoms with Crippen LogP contribution in [0.3, 0.4) is 0 Å². The molecule has 1 aliphatic heterocycles. The lowest BCUT2D eigenvalue weighted by atomic mass is 10.2. The number of hydrogen-bond donors (Lipinski definition) is 0. The normalized spacial score (nSPS) is 18.5. The second-order valence-electron chi connectivity index (χ2n) is 4.68. The van der Waals surface area contributed by atoms with E-state index in [-0.39, 0.29) is 0 Å². The minimum absolute atomic E-state index is 0.713. The van der Waals surface area contributed by atoms with Gasteiger partial charge in [-0.3, -0.25) is 9.98 Å². The third-order valence-electron chi connectivity index (χ3n) is 3.12. The zero-order valence-electron chi connectivity index (χ0n) is 12.2. The first-order valence-corrected chi connectivity index (χ1v) is 7.04. The molecule has 0 aliphatic carbocycles. The molecule has 0 saturated heterocycles. The van der Waals surface area contributed by atoms with Gasteiger partial charge in [0.1, 0.15) is 0 Å². The number of aliphatic imine (C=N–C) groups is 2. The lowest BCUT2D eigenvalue weighted by Gasteiger charge is -2.25. The van der Waals surface area contributed by atoms with Crippen molar-refractivity contribution in [1.29, 1.82) is 0 Å². The van der Waals surface area contributed by atoms with Gasteiger partial charge in [-0.2, -0.15) is 13.1 Å². The summed E-state index contributed by atoms with van der Waals surface area (Å²) in [6, 6.07) is 5.98. The van der Waals surface area contributed by atoms with Crippen LogP contribution in [0.5, 0.6) is 0 Å². The van der Waals surface area contributed by atoms with E-state index in [1.165, 1.54) is 0 Å². The topological polar surface area (TPSA) is 65.8 Å². The van der Waals surface area contributed by atoms with Crippen LogP contribution in [0.15, 0.2) is 28.2 Å². The van der Waals surface area contributed by atoms with E-state index in [0.29, 0.717) is 13.1 Å². The minimum Gasteiger partial charge on any atom is -0.662 e. The summed E-state index contributed by atoms with van der Waals surface area (Å²) in [6.45, 7) is 8.48. The van der Waals surface area contributed by atoms with Crippen molar-refractivity contribution in [2.45, 2.75) is 13.8 Å². The van der Waals surface area contributed by atoms with E-state index in [4.69, 9.17) is 0 Å². The van der Waals surface area contributed by atoms with Crippen LogP contribution in [0.25, 0.3) is 10.6 Å². The molecule has 0 unspecified atom stereocenters. The molecule has 2 bridgehead atoms. The van der Waals surface area contributed by atoms with Gasteiger partial charge in [0.05, 0.1) is 22.8 Å². The molecule has 0 fully saturated rings. The number of hydrogen-bond acceptors (Lipinski definition) is 3. The van der Waals surface area contributed by atoms with Gasteiger partial charge >= 0.3 is 0 Å². The van der Waals surface area contributed by atoms with Crippen molar-refractivity contribution < 1.29 is 0 Å². The van der Waals surface area contributed by atoms with Gasteiger partial charge in [0.2, 0.25) is 0 Å². The van der Waals surface area contributed by atoms with E-state index in [2.05, 4.69) is 25.6 Å². The van der Waals surface area contributed by atoms with Crippen molar-refractivity contribution in [3.8, 4) is 0 Å². The summed E-state index contributed by atoms with van der Waals surface area (Å²) < 4.78 is 0. The van der Waals surface area contributed by atoms with Crippen LogP contribution in [0, 0.1) is 0 Å². The number of aromatic nitrogens is 1.